The van der Waals surface area contributed by atoms with E-state index in [0.29, 0.717) is 11.7 Å². The molecule has 4 nitrogen and oxygen atoms in total. The Hall–Kier alpha value is -1.58. The van der Waals surface area contributed by atoms with Crippen LogP contribution in [0, 0.1) is 0 Å². The third-order valence-electron chi connectivity index (χ3n) is 3.56. The molecule has 0 spiro atoms. The van der Waals surface area contributed by atoms with Gasteiger partial charge in [0.05, 0.1) is 11.9 Å². The summed E-state index contributed by atoms with van der Waals surface area (Å²) in [6, 6.07) is 4.10. The van der Waals surface area contributed by atoms with Crippen molar-refractivity contribution in [3.63, 3.8) is 0 Å². The first-order valence-corrected chi connectivity index (χ1v) is 6.69. The number of hydrogen-bond acceptors (Lipinski definition) is 3. The van der Waals surface area contributed by atoms with Gasteiger partial charge in [0.25, 0.3) is 5.91 Å². The Morgan fingerprint density at radius 3 is 2.72 bits per heavy atom. The number of amides is 1. The summed E-state index contributed by atoms with van der Waals surface area (Å²) < 4.78 is 0. The first-order chi connectivity index (χ1) is 8.72. The standard InChI is InChI=1S/C14H21N3O/c1-3-15-11-8-9-13(16-10-11)14(18)17(2)12-6-4-5-7-12/h8-10,12,15H,3-7H2,1-2H3. The maximum absolute atomic E-state index is 12.2. The van der Waals surface area contributed by atoms with E-state index >= 15 is 0 Å². The Morgan fingerprint density at radius 1 is 1.44 bits per heavy atom. The molecule has 0 radical (unpaired) electrons. The minimum absolute atomic E-state index is 0.0324. The Kier molecular flexibility index (Phi) is 4.18. The van der Waals surface area contributed by atoms with Gasteiger partial charge in [-0.3, -0.25) is 4.79 Å². The maximum atomic E-state index is 12.2. The summed E-state index contributed by atoms with van der Waals surface area (Å²) in [6.45, 7) is 2.89. The van der Waals surface area contributed by atoms with Crippen molar-refractivity contribution in [2.45, 2.75) is 38.6 Å². The molecule has 1 aliphatic rings. The van der Waals surface area contributed by atoms with Crippen LogP contribution in [0.5, 0.6) is 0 Å². The molecule has 2 rings (SSSR count). The fourth-order valence-electron chi connectivity index (χ4n) is 2.47. The molecule has 1 amide bonds. The van der Waals surface area contributed by atoms with Crippen molar-refractivity contribution in [2.75, 3.05) is 18.9 Å². The highest BCUT2D eigenvalue weighted by molar-refractivity contribution is 5.92. The van der Waals surface area contributed by atoms with Crippen molar-refractivity contribution in [3.8, 4) is 0 Å². The van der Waals surface area contributed by atoms with Crippen molar-refractivity contribution in [1.82, 2.24) is 9.88 Å². The van der Waals surface area contributed by atoms with E-state index in [1.807, 2.05) is 24.9 Å². The lowest BCUT2D eigenvalue weighted by Gasteiger charge is -2.23. The molecule has 1 fully saturated rings. The van der Waals surface area contributed by atoms with Crippen LogP contribution < -0.4 is 5.32 Å². The number of pyridine rings is 1. The number of rotatable bonds is 4. The van der Waals surface area contributed by atoms with E-state index in [-0.39, 0.29) is 5.91 Å². The van der Waals surface area contributed by atoms with Crippen molar-refractivity contribution < 1.29 is 4.79 Å². The van der Waals surface area contributed by atoms with Crippen LogP contribution in [-0.2, 0) is 0 Å². The zero-order chi connectivity index (χ0) is 13.0. The van der Waals surface area contributed by atoms with Crippen LogP contribution in [0.3, 0.4) is 0 Å². The van der Waals surface area contributed by atoms with E-state index in [4.69, 9.17) is 0 Å². The van der Waals surface area contributed by atoms with Gasteiger partial charge in [-0.2, -0.15) is 0 Å². The molecule has 1 aliphatic carbocycles. The van der Waals surface area contributed by atoms with Gasteiger partial charge < -0.3 is 10.2 Å². The Morgan fingerprint density at radius 2 is 2.17 bits per heavy atom. The number of aromatic nitrogens is 1. The molecule has 0 saturated heterocycles. The van der Waals surface area contributed by atoms with E-state index in [1.165, 1.54) is 12.8 Å². The highest BCUT2D eigenvalue weighted by Gasteiger charge is 2.24. The Bertz CT molecular complexity index is 396. The Balaban J connectivity index is 2.03. The van der Waals surface area contributed by atoms with Gasteiger partial charge in [-0.15, -0.1) is 0 Å². The number of nitrogens with one attached hydrogen (secondary N) is 1. The maximum Gasteiger partial charge on any atom is 0.272 e. The molecule has 1 N–H and O–H groups in total. The molecular weight excluding hydrogens is 226 g/mol. The monoisotopic (exact) mass is 247 g/mol. The van der Waals surface area contributed by atoms with E-state index in [1.54, 1.807) is 12.3 Å². The zero-order valence-electron chi connectivity index (χ0n) is 11.1. The van der Waals surface area contributed by atoms with Gasteiger partial charge in [0, 0.05) is 19.6 Å². The topological polar surface area (TPSA) is 45.2 Å². The SMILES string of the molecule is CCNc1ccc(C(=O)N(C)C2CCCC2)nc1. The number of nitrogens with zero attached hydrogens (tertiary/aromatic N) is 2. The van der Waals surface area contributed by atoms with Gasteiger partial charge in [0.2, 0.25) is 0 Å². The number of anilines is 1. The van der Waals surface area contributed by atoms with Crippen LogP contribution in [0.25, 0.3) is 0 Å². The number of hydrogen-bond donors (Lipinski definition) is 1. The largest absolute Gasteiger partial charge is 0.384 e. The summed E-state index contributed by atoms with van der Waals surface area (Å²) >= 11 is 0. The van der Waals surface area contributed by atoms with Crippen LogP contribution in [0.4, 0.5) is 5.69 Å². The highest BCUT2D eigenvalue weighted by atomic mass is 16.2. The zero-order valence-corrected chi connectivity index (χ0v) is 11.1. The number of carbonyl (C=O) groups excluding carboxylic acids is 1. The second kappa shape index (κ2) is 5.85. The van der Waals surface area contributed by atoms with E-state index in [0.717, 1.165) is 25.1 Å². The summed E-state index contributed by atoms with van der Waals surface area (Å²) in [5, 5.41) is 3.17. The fraction of sp³-hybridized carbons (Fsp3) is 0.571. The lowest BCUT2D eigenvalue weighted by atomic mass is 10.2. The summed E-state index contributed by atoms with van der Waals surface area (Å²) in [6.07, 6.45) is 6.43. The van der Waals surface area contributed by atoms with Crippen molar-refractivity contribution >= 4 is 11.6 Å². The quantitative estimate of drug-likeness (QED) is 0.889. The molecular formula is C14H21N3O. The second-order valence-electron chi connectivity index (χ2n) is 4.82. The van der Waals surface area contributed by atoms with Gasteiger partial charge in [0.1, 0.15) is 5.69 Å². The smallest absolute Gasteiger partial charge is 0.272 e. The first kappa shape index (κ1) is 12.9. The molecule has 0 bridgehead atoms. The predicted molar refractivity (Wildman–Crippen MR) is 72.8 cm³/mol. The average molecular weight is 247 g/mol. The first-order valence-electron chi connectivity index (χ1n) is 6.69. The lowest BCUT2D eigenvalue weighted by Crippen LogP contribution is -2.35. The lowest BCUT2D eigenvalue weighted by molar-refractivity contribution is 0.0729. The summed E-state index contributed by atoms with van der Waals surface area (Å²) in [7, 11) is 1.89. The molecule has 0 atom stereocenters. The van der Waals surface area contributed by atoms with Gasteiger partial charge >= 0.3 is 0 Å². The normalized spacial score (nSPS) is 15.7. The predicted octanol–water partition coefficient (Wildman–Crippen LogP) is 2.53. The van der Waals surface area contributed by atoms with E-state index < -0.39 is 0 Å². The summed E-state index contributed by atoms with van der Waals surface area (Å²) in [4.78, 5) is 18.3. The van der Waals surface area contributed by atoms with Gasteiger partial charge in [-0.1, -0.05) is 12.8 Å². The van der Waals surface area contributed by atoms with E-state index in [9.17, 15) is 4.79 Å². The van der Waals surface area contributed by atoms with Crippen LogP contribution in [0.1, 0.15) is 43.1 Å². The molecule has 1 aromatic rings. The summed E-state index contributed by atoms with van der Waals surface area (Å²) in [5.41, 5.74) is 1.49. The molecule has 1 heterocycles. The van der Waals surface area contributed by atoms with Crippen molar-refractivity contribution in [2.24, 2.45) is 0 Å². The molecule has 1 aromatic heterocycles. The minimum atomic E-state index is 0.0324. The van der Waals surface area contributed by atoms with Crippen LogP contribution in [-0.4, -0.2) is 35.4 Å². The van der Waals surface area contributed by atoms with Gasteiger partial charge in [0.15, 0.2) is 0 Å². The Labute approximate surface area is 108 Å². The van der Waals surface area contributed by atoms with Crippen LogP contribution in [0.2, 0.25) is 0 Å². The van der Waals surface area contributed by atoms with Crippen LogP contribution in [0.15, 0.2) is 18.3 Å². The fourth-order valence-corrected chi connectivity index (χ4v) is 2.47. The molecule has 18 heavy (non-hydrogen) atoms. The summed E-state index contributed by atoms with van der Waals surface area (Å²) in [5.74, 6) is 0.0324. The highest BCUT2D eigenvalue weighted by Crippen LogP contribution is 2.23. The number of carbonyl (C=O) groups is 1. The molecule has 0 unspecified atom stereocenters. The van der Waals surface area contributed by atoms with E-state index in [2.05, 4.69) is 10.3 Å². The molecule has 0 aromatic carbocycles. The molecule has 0 aliphatic heterocycles. The molecule has 1 saturated carbocycles. The third kappa shape index (κ3) is 2.81. The van der Waals surface area contributed by atoms with Crippen LogP contribution >= 0.6 is 0 Å². The van der Waals surface area contributed by atoms with Gasteiger partial charge in [-0.25, -0.2) is 4.98 Å². The third-order valence-corrected chi connectivity index (χ3v) is 3.56. The van der Waals surface area contributed by atoms with Gasteiger partial charge in [-0.05, 0) is 31.9 Å². The second-order valence-corrected chi connectivity index (χ2v) is 4.82. The van der Waals surface area contributed by atoms with Crippen molar-refractivity contribution in [3.05, 3.63) is 24.0 Å². The minimum Gasteiger partial charge on any atom is -0.384 e. The molecule has 98 valence electrons. The van der Waals surface area contributed by atoms with Crippen molar-refractivity contribution in [1.29, 1.82) is 0 Å². The average Bonchev–Trinajstić information content (AvgIpc) is 2.92. The molecule has 4 heteroatoms.